The van der Waals surface area contributed by atoms with Gasteiger partial charge in [0.15, 0.2) is 0 Å². The minimum absolute atomic E-state index is 0. The molecule has 0 bridgehead atoms. The van der Waals surface area contributed by atoms with Gasteiger partial charge in [-0.25, -0.2) is 0 Å². The highest BCUT2D eigenvalue weighted by molar-refractivity contribution is 5.85. The van der Waals surface area contributed by atoms with E-state index in [1.54, 1.807) is 0 Å². The Hall–Kier alpha value is -1.92. The van der Waals surface area contributed by atoms with Crippen LogP contribution in [-0.4, -0.2) is 38.7 Å². The van der Waals surface area contributed by atoms with Gasteiger partial charge in [-0.15, -0.1) is 12.4 Å². The van der Waals surface area contributed by atoms with Crippen molar-refractivity contribution in [3.63, 3.8) is 0 Å². The lowest BCUT2D eigenvalue weighted by molar-refractivity contribution is -0.145. The van der Waals surface area contributed by atoms with Crippen molar-refractivity contribution in [1.82, 2.24) is 15.0 Å². The lowest BCUT2D eigenvalue weighted by Gasteiger charge is -2.31. The largest absolute Gasteiger partial charge is 0.480 e. The Morgan fingerprint density at radius 1 is 1.32 bits per heavy atom. The first-order valence-electron chi connectivity index (χ1n) is 7.09. The topological polar surface area (TPSA) is 79.5 Å². The van der Waals surface area contributed by atoms with Crippen molar-refractivity contribution < 1.29 is 14.4 Å². The average Bonchev–Trinajstić information content (AvgIpc) is 2.97. The SMILES string of the molecule is Cl.O=C(O)C1CCCCN1Cc1nc(-c2ccccc2)no1. The summed E-state index contributed by atoms with van der Waals surface area (Å²) < 4.78 is 5.25. The number of benzene rings is 1. The van der Waals surface area contributed by atoms with Gasteiger partial charge in [-0.2, -0.15) is 4.98 Å². The second kappa shape index (κ2) is 7.38. The van der Waals surface area contributed by atoms with Gasteiger partial charge in [0, 0.05) is 5.56 Å². The highest BCUT2D eigenvalue weighted by Gasteiger charge is 2.29. The van der Waals surface area contributed by atoms with Crippen LogP contribution in [0, 0.1) is 0 Å². The van der Waals surface area contributed by atoms with Gasteiger partial charge < -0.3 is 9.63 Å². The number of carbonyl (C=O) groups is 1. The van der Waals surface area contributed by atoms with E-state index in [2.05, 4.69) is 10.1 Å². The van der Waals surface area contributed by atoms with E-state index in [-0.39, 0.29) is 12.4 Å². The number of aromatic nitrogens is 2. The molecule has 2 aromatic rings. The summed E-state index contributed by atoms with van der Waals surface area (Å²) in [4.78, 5) is 17.5. The molecule has 7 heteroatoms. The second-order valence-electron chi connectivity index (χ2n) is 5.20. The molecule has 22 heavy (non-hydrogen) atoms. The molecule has 1 atom stereocenters. The van der Waals surface area contributed by atoms with Crippen LogP contribution in [0.15, 0.2) is 34.9 Å². The lowest BCUT2D eigenvalue weighted by atomic mass is 10.0. The Labute approximate surface area is 134 Å². The normalized spacial score (nSPS) is 18.6. The molecule has 1 aromatic heterocycles. The summed E-state index contributed by atoms with van der Waals surface area (Å²) in [6, 6.07) is 9.12. The lowest BCUT2D eigenvalue weighted by Crippen LogP contribution is -2.44. The third-order valence-corrected chi connectivity index (χ3v) is 3.74. The summed E-state index contributed by atoms with van der Waals surface area (Å²) in [6.45, 7) is 1.14. The molecule has 0 amide bonds. The number of nitrogens with zero attached hydrogens (tertiary/aromatic N) is 3. The highest BCUT2D eigenvalue weighted by atomic mass is 35.5. The van der Waals surface area contributed by atoms with Crippen molar-refractivity contribution in [2.45, 2.75) is 31.8 Å². The molecule has 118 valence electrons. The van der Waals surface area contributed by atoms with Gasteiger partial charge in [-0.1, -0.05) is 41.9 Å². The molecule has 0 aliphatic carbocycles. The van der Waals surface area contributed by atoms with Gasteiger partial charge in [0.2, 0.25) is 11.7 Å². The van der Waals surface area contributed by atoms with Crippen LogP contribution in [0.2, 0.25) is 0 Å². The van der Waals surface area contributed by atoms with Crippen molar-refractivity contribution >= 4 is 18.4 Å². The Kier molecular flexibility index (Phi) is 5.51. The van der Waals surface area contributed by atoms with E-state index >= 15 is 0 Å². The third kappa shape index (κ3) is 3.64. The van der Waals surface area contributed by atoms with Crippen LogP contribution in [-0.2, 0) is 11.3 Å². The summed E-state index contributed by atoms with van der Waals surface area (Å²) in [6.07, 6.45) is 2.63. The minimum atomic E-state index is -0.780. The van der Waals surface area contributed by atoms with Gasteiger partial charge in [0.1, 0.15) is 6.04 Å². The number of rotatable bonds is 4. The van der Waals surface area contributed by atoms with Crippen molar-refractivity contribution in [1.29, 1.82) is 0 Å². The molecule has 1 aliphatic rings. The van der Waals surface area contributed by atoms with E-state index < -0.39 is 12.0 Å². The van der Waals surface area contributed by atoms with E-state index in [4.69, 9.17) is 4.52 Å². The summed E-state index contributed by atoms with van der Waals surface area (Å²) in [5.41, 5.74) is 0.890. The fourth-order valence-corrected chi connectivity index (χ4v) is 2.66. The summed E-state index contributed by atoms with van der Waals surface area (Å²) >= 11 is 0. The van der Waals surface area contributed by atoms with Crippen LogP contribution in [0.25, 0.3) is 11.4 Å². The number of hydrogen-bond acceptors (Lipinski definition) is 5. The van der Waals surface area contributed by atoms with E-state index in [9.17, 15) is 9.90 Å². The molecule has 2 heterocycles. The quantitative estimate of drug-likeness (QED) is 0.931. The van der Waals surface area contributed by atoms with Crippen molar-refractivity contribution in [2.75, 3.05) is 6.54 Å². The van der Waals surface area contributed by atoms with Crippen LogP contribution in [0.3, 0.4) is 0 Å². The molecule has 1 unspecified atom stereocenters. The molecule has 6 nitrogen and oxygen atoms in total. The maximum atomic E-state index is 11.3. The molecular formula is C15H18ClN3O3. The average molecular weight is 324 g/mol. The molecule has 1 aromatic carbocycles. The minimum Gasteiger partial charge on any atom is -0.480 e. The Morgan fingerprint density at radius 3 is 2.82 bits per heavy atom. The Morgan fingerprint density at radius 2 is 2.09 bits per heavy atom. The van der Waals surface area contributed by atoms with E-state index in [0.29, 0.717) is 24.7 Å². The Bertz CT molecular complexity index is 618. The zero-order valence-electron chi connectivity index (χ0n) is 12.0. The Balaban J connectivity index is 0.00000176. The monoisotopic (exact) mass is 323 g/mol. The molecule has 0 radical (unpaired) electrons. The van der Waals surface area contributed by atoms with Gasteiger partial charge in [-0.05, 0) is 19.4 Å². The summed E-state index contributed by atoms with van der Waals surface area (Å²) in [5, 5.41) is 13.2. The summed E-state index contributed by atoms with van der Waals surface area (Å²) in [7, 11) is 0. The van der Waals surface area contributed by atoms with Crippen molar-refractivity contribution in [2.24, 2.45) is 0 Å². The van der Waals surface area contributed by atoms with Crippen LogP contribution in [0.1, 0.15) is 25.2 Å². The number of aliphatic carboxylic acids is 1. The van der Waals surface area contributed by atoms with Crippen molar-refractivity contribution in [3.8, 4) is 11.4 Å². The van der Waals surface area contributed by atoms with E-state index in [1.807, 2.05) is 35.2 Å². The summed E-state index contributed by atoms with van der Waals surface area (Å²) in [5.74, 6) is 0.217. The molecule has 3 rings (SSSR count). The predicted molar refractivity (Wildman–Crippen MR) is 82.7 cm³/mol. The number of likely N-dealkylation sites (tertiary alicyclic amines) is 1. The molecule has 0 spiro atoms. The third-order valence-electron chi connectivity index (χ3n) is 3.74. The van der Waals surface area contributed by atoms with Gasteiger partial charge in [0.25, 0.3) is 0 Å². The fraction of sp³-hybridized carbons (Fsp3) is 0.400. The number of piperidine rings is 1. The number of halogens is 1. The second-order valence-corrected chi connectivity index (χ2v) is 5.20. The van der Waals surface area contributed by atoms with Gasteiger partial charge in [0.05, 0.1) is 6.54 Å². The van der Waals surface area contributed by atoms with Crippen LogP contribution in [0.5, 0.6) is 0 Å². The van der Waals surface area contributed by atoms with Gasteiger partial charge in [-0.3, -0.25) is 9.69 Å². The molecule has 1 saturated heterocycles. The smallest absolute Gasteiger partial charge is 0.320 e. The molecule has 1 aliphatic heterocycles. The standard InChI is InChI=1S/C15H17N3O3.ClH/c19-15(20)12-8-4-5-9-18(12)10-13-16-14(17-21-13)11-6-2-1-3-7-11;/h1-3,6-7,12H,4-5,8-10H2,(H,19,20);1H. The van der Waals surface area contributed by atoms with Gasteiger partial charge >= 0.3 is 5.97 Å². The number of carboxylic acid groups (broad SMARTS) is 1. The molecule has 0 saturated carbocycles. The zero-order valence-corrected chi connectivity index (χ0v) is 12.8. The number of hydrogen-bond donors (Lipinski definition) is 1. The zero-order chi connectivity index (χ0) is 14.7. The first kappa shape index (κ1) is 16.5. The fourth-order valence-electron chi connectivity index (χ4n) is 2.66. The van der Waals surface area contributed by atoms with Crippen LogP contribution < -0.4 is 0 Å². The maximum absolute atomic E-state index is 11.3. The maximum Gasteiger partial charge on any atom is 0.320 e. The van der Waals surface area contributed by atoms with Crippen molar-refractivity contribution in [3.05, 3.63) is 36.2 Å². The highest BCUT2D eigenvalue weighted by Crippen LogP contribution is 2.21. The van der Waals surface area contributed by atoms with Crippen LogP contribution >= 0.6 is 12.4 Å². The molecule has 1 N–H and O–H groups in total. The predicted octanol–water partition coefficient (Wildman–Crippen LogP) is 2.60. The van der Waals surface area contributed by atoms with E-state index in [1.165, 1.54) is 0 Å². The number of carboxylic acids is 1. The first-order chi connectivity index (χ1) is 10.2. The van der Waals surface area contributed by atoms with E-state index in [0.717, 1.165) is 24.9 Å². The van der Waals surface area contributed by atoms with Crippen LogP contribution in [0.4, 0.5) is 0 Å². The molecular weight excluding hydrogens is 306 g/mol. The molecule has 1 fully saturated rings. The first-order valence-corrected chi connectivity index (χ1v) is 7.09.